The zero-order valence-electron chi connectivity index (χ0n) is 14.9. The first-order valence-corrected chi connectivity index (χ1v) is 9.43. The Kier molecular flexibility index (Phi) is 6.67. The molecule has 2 N–H and O–H groups in total. The first-order valence-electron chi connectivity index (χ1n) is 7.54. The largest absolute Gasteiger partial charge is 0.444 e. The van der Waals surface area contributed by atoms with E-state index in [4.69, 9.17) is 4.74 Å². The third-order valence-electron chi connectivity index (χ3n) is 2.87. The number of sulfone groups is 1. The first kappa shape index (κ1) is 21.4. The van der Waals surface area contributed by atoms with Crippen LogP contribution in [0.15, 0.2) is 23.1 Å². The number of nitrogens with zero attached hydrogens (tertiary/aromatic N) is 1. The van der Waals surface area contributed by atoms with Gasteiger partial charge in [-0.3, -0.25) is 14.9 Å². The number of benzene rings is 1. The van der Waals surface area contributed by atoms with E-state index in [0.29, 0.717) is 0 Å². The van der Waals surface area contributed by atoms with Crippen LogP contribution in [0.4, 0.5) is 10.5 Å². The lowest BCUT2D eigenvalue weighted by Crippen LogP contribution is -2.37. The number of hydrogen-bond acceptors (Lipinski definition) is 7. The summed E-state index contributed by atoms with van der Waals surface area (Å²) in [6.45, 7) is 5.20. The minimum Gasteiger partial charge on any atom is -0.444 e. The summed E-state index contributed by atoms with van der Waals surface area (Å²) in [6, 6.07) is 2.92. The maximum Gasteiger partial charge on any atom is 0.407 e. The molecule has 10 nitrogen and oxygen atoms in total. The van der Waals surface area contributed by atoms with Crippen LogP contribution in [-0.2, 0) is 14.6 Å². The maximum atomic E-state index is 12.1. The summed E-state index contributed by atoms with van der Waals surface area (Å²) >= 11 is 0. The van der Waals surface area contributed by atoms with Crippen LogP contribution in [0.3, 0.4) is 0 Å². The summed E-state index contributed by atoms with van der Waals surface area (Å²) < 4.78 is 28.3. The highest BCUT2D eigenvalue weighted by Gasteiger charge is 2.19. The number of hydrogen-bond donors (Lipinski definition) is 2. The van der Waals surface area contributed by atoms with Crippen molar-refractivity contribution in [2.24, 2.45) is 0 Å². The minimum absolute atomic E-state index is 0.0228. The number of amides is 2. The fourth-order valence-electron chi connectivity index (χ4n) is 1.79. The molecule has 0 aliphatic rings. The van der Waals surface area contributed by atoms with Gasteiger partial charge in [0.1, 0.15) is 5.60 Å². The van der Waals surface area contributed by atoms with Crippen LogP contribution in [0.5, 0.6) is 0 Å². The third kappa shape index (κ3) is 7.05. The quantitative estimate of drug-likeness (QED) is 0.424. The second kappa shape index (κ2) is 8.13. The molecule has 0 saturated carbocycles. The number of rotatable bonds is 6. The average molecular weight is 387 g/mol. The average Bonchev–Trinajstić information content (AvgIpc) is 2.48. The Morgan fingerprint density at radius 2 is 1.73 bits per heavy atom. The number of non-ortho nitro benzene ring substituents is 1. The molecule has 0 unspecified atom stereocenters. The summed E-state index contributed by atoms with van der Waals surface area (Å²) in [7, 11) is -3.73. The van der Waals surface area contributed by atoms with Gasteiger partial charge >= 0.3 is 6.09 Å². The van der Waals surface area contributed by atoms with Crippen molar-refractivity contribution in [3.05, 3.63) is 33.9 Å². The van der Waals surface area contributed by atoms with Gasteiger partial charge in [-0.1, -0.05) is 0 Å². The molecule has 0 spiro atoms. The highest BCUT2D eigenvalue weighted by molar-refractivity contribution is 7.90. The Hall–Kier alpha value is -2.69. The van der Waals surface area contributed by atoms with Gasteiger partial charge in [0.05, 0.1) is 9.82 Å². The number of carbonyl (C=O) groups is 2. The van der Waals surface area contributed by atoms with Gasteiger partial charge in [-0.2, -0.15) is 0 Å². The summed E-state index contributed by atoms with van der Waals surface area (Å²) in [4.78, 5) is 33.4. The van der Waals surface area contributed by atoms with Crippen molar-refractivity contribution in [1.29, 1.82) is 0 Å². The minimum atomic E-state index is -3.73. The molecule has 0 bridgehead atoms. The first-order chi connectivity index (χ1) is 11.8. The van der Waals surface area contributed by atoms with E-state index in [2.05, 4.69) is 10.6 Å². The molecule has 0 radical (unpaired) electrons. The predicted octanol–water partition coefficient (Wildman–Crippen LogP) is 1.25. The van der Waals surface area contributed by atoms with Crippen molar-refractivity contribution in [2.45, 2.75) is 31.3 Å². The van der Waals surface area contributed by atoms with Crippen LogP contribution in [0.25, 0.3) is 0 Å². The highest BCUT2D eigenvalue weighted by Crippen LogP contribution is 2.20. The van der Waals surface area contributed by atoms with Crippen molar-refractivity contribution < 1.29 is 27.7 Å². The molecule has 1 rings (SSSR count). The number of carbonyl (C=O) groups excluding carboxylic acids is 2. The van der Waals surface area contributed by atoms with Gasteiger partial charge in [0.15, 0.2) is 9.84 Å². The Morgan fingerprint density at radius 3 is 2.23 bits per heavy atom. The SMILES string of the molecule is CC(C)(C)OC(=O)NCCNC(=O)c1cc([N+](=O)[O-])cc(S(C)(=O)=O)c1. The summed E-state index contributed by atoms with van der Waals surface area (Å²) in [5.41, 5.74) is -1.33. The zero-order valence-corrected chi connectivity index (χ0v) is 15.7. The predicted molar refractivity (Wildman–Crippen MR) is 92.8 cm³/mol. The standard InChI is InChI=1S/C15H21N3O7S/c1-15(2,3)25-14(20)17-6-5-16-13(19)10-7-11(18(21)22)9-12(8-10)26(4,23)24/h7-9H,5-6H2,1-4H3,(H,16,19)(H,17,20). The molecule has 0 aliphatic carbocycles. The molecule has 0 atom stereocenters. The molecule has 26 heavy (non-hydrogen) atoms. The van der Waals surface area contributed by atoms with Gasteiger partial charge in [-0.25, -0.2) is 13.2 Å². The summed E-state index contributed by atoms with van der Waals surface area (Å²) in [6.07, 6.45) is 0.236. The molecular weight excluding hydrogens is 366 g/mol. The van der Waals surface area contributed by atoms with Gasteiger partial charge < -0.3 is 15.4 Å². The van der Waals surface area contributed by atoms with E-state index in [1.165, 1.54) is 0 Å². The molecule has 0 saturated heterocycles. The van der Waals surface area contributed by atoms with Gasteiger partial charge in [0, 0.05) is 37.0 Å². The molecule has 0 fully saturated rings. The fourth-order valence-corrected chi connectivity index (χ4v) is 2.47. The van der Waals surface area contributed by atoms with Crippen molar-refractivity contribution in [2.75, 3.05) is 19.3 Å². The molecular formula is C15H21N3O7S. The number of ether oxygens (including phenoxy) is 1. The van der Waals surface area contributed by atoms with Gasteiger partial charge in [-0.05, 0) is 26.8 Å². The Bertz CT molecular complexity index is 813. The van der Waals surface area contributed by atoms with E-state index in [0.717, 1.165) is 24.5 Å². The van der Waals surface area contributed by atoms with Crippen LogP contribution in [0.1, 0.15) is 31.1 Å². The fraction of sp³-hybridized carbons (Fsp3) is 0.467. The van der Waals surface area contributed by atoms with Crippen molar-refractivity contribution in [1.82, 2.24) is 10.6 Å². The van der Waals surface area contributed by atoms with Gasteiger partial charge in [0.2, 0.25) is 0 Å². The monoisotopic (exact) mass is 387 g/mol. The molecule has 2 amide bonds. The van der Waals surface area contributed by atoms with Crippen LogP contribution in [0.2, 0.25) is 0 Å². The van der Waals surface area contributed by atoms with E-state index in [9.17, 15) is 28.1 Å². The van der Waals surface area contributed by atoms with Crippen molar-refractivity contribution >= 4 is 27.5 Å². The summed E-state index contributed by atoms with van der Waals surface area (Å²) in [5.74, 6) is -0.704. The van der Waals surface area contributed by atoms with Crippen LogP contribution < -0.4 is 10.6 Å². The molecule has 11 heteroatoms. The van der Waals surface area contributed by atoms with Crippen molar-refractivity contribution in [3.8, 4) is 0 Å². The lowest BCUT2D eigenvalue weighted by molar-refractivity contribution is -0.385. The van der Waals surface area contributed by atoms with Crippen LogP contribution in [-0.4, -0.2) is 50.3 Å². The molecule has 1 aromatic carbocycles. The van der Waals surface area contributed by atoms with Crippen LogP contribution in [0, 0.1) is 10.1 Å². The van der Waals surface area contributed by atoms with E-state index in [1.54, 1.807) is 20.8 Å². The lowest BCUT2D eigenvalue weighted by atomic mass is 10.2. The van der Waals surface area contributed by atoms with E-state index in [-0.39, 0.29) is 23.5 Å². The van der Waals surface area contributed by atoms with E-state index >= 15 is 0 Å². The topological polar surface area (TPSA) is 145 Å². The normalized spacial score (nSPS) is 11.5. The van der Waals surface area contributed by atoms with E-state index in [1.807, 2.05) is 0 Å². The Labute approximate surface area is 151 Å². The zero-order chi connectivity index (χ0) is 20.1. The summed E-state index contributed by atoms with van der Waals surface area (Å²) in [5, 5.41) is 15.8. The molecule has 0 heterocycles. The molecule has 0 aromatic heterocycles. The maximum absolute atomic E-state index is 12.1. The van der Waals surface area contributed by atoms with E-state index < -0.39 is 38.0 Å². The van der Waals surface area contributed by atoms with Gasteiger partial charge in [0.25, 0.3) is 11.6 Å². The smallest absolute Gasteiger partial charge is 0.407 e. The van der Waals surface area contributed by atoms with Crippen LogP contribution >= 0.6 is 0 Å². The highest BCUT2D eigenvalue weighted by atomic mass is 32.2. The second-order valence-corrected chi connectivity index (χ2v) is 8.45. The number of nitrogens with one attached hydrogen (secondary N) is 2. The van der Waals surface area contributed by atoms with Crippen molar-refractivity contribution in [3.63, 3.8) is 0 Å². The number of nitro groups is 1. The Balaban J connectivity index is 2.74. The molecule has 144 valence electrons. The number of nitro benzene ring substituents is 1. The second-order valence-electron chi connectivity index (χ2n) is 6.43. The molecule has 0 aliphatic heterocycles. The Morgan fingerprint density at radius 1 is 1.15 bits per heavy atom. The lowest BCUT2D eigenvalue weighted by Gasteiger charge is -2.19. The number of alkyl carbamates (subject to hydrolysis) is 1. The van der Waals surface area contributed by atoms with Gasteiger partial charge in [-0.15, -0.1) is 0 Å². The molecule has 1 aromatic rings. The third-order valence-corrected chi connectivity index (χ3v) is 3.96.